The molecule has 1 aliphatic carbocycles. The van der Waals surface area contributed by atoms with E-state index in [0.29, 0.717) is 24.8 Å². The van der Waals surface area contributed by atoms with Crippen LogP contribution in [0, 0.1) is 11.7 Å². The second-order valence-corrected chi connectivity index (χ2v) is 5.58. The molecule has 1 nitrogen and oxygen atoms in total. The first-order chi connectivity index (χ1) is 9.26. The first-order valence-electron chi connectivity index (χ1n) is 6.86. The molecule has 0 amide bonds. The van der Waals surface area contributed by atoms with Gasteiger partial charge in [-0.1, -0.05) is 19.4 Å². The summed E-state index contributed by atoms with van der Waals surface area (Å²) in [6, 6.07) is 2.74. The molecular weight excluding hydrogens is 272 g/mol. The molecular formula is C15H18F4O. The quantitative estimate of drug-likeness (QED) is 0.787. The summed E-state index contributed by atoms with van der Waals surface area (Å²) in [5.74, 6) is -0.782. The highest BCUT2D eigenvalue weighted by atomic mass is 19.4. The highest BCUT2D eigenvalue weighted by molar-refractivity contribution is 5.30. The highest BCUT2D eigenvalue weighted by Crippen LogP contribution is 2.41. The van der Waals surface area contributed by atoms with E-state index in [1.54, 1.807) is 0 Å². The third-order valence-electron chi connectivity index (χ3n) is 4.32. The van der Waals surface area contributed by atoms with Crippen molar-refractivity contribution < 1.29 is 22.7 Å². The third kappa shape index (κ3) is 2.97. The molecule has 1 saturated carbocycles. The van der Waals surface area contributed by atoms with Crippen molar-refractivity contribution in [2.75, 3.05) is 0 Å². The van der Waals surface area contributed by atoms with Crippen molar-refractivity contribution in [1.29, 1.82) is 0 Å². The molecule has 0 bridgehead atoms. The summed E-state index contributed by atoms with van der Waals surface area (Å²) >= 11 is 0. The Morgan fingerprint density at radius 2 is 1.85 bits per heavy atom. The van der Waals surface area contributed by atoms with E-state index in [2.05, 4.69) is 6.92 Å². The zero-order valence-electron chi connectivity index (χ0n) is 11.3. The van der Waals surface area contributed by atoms with Crippen LogP contribution < -0.4 is 0 Å². The van der Waals surface area contributed by atoms with Gasteiger partial charge in [-0.05, 0) is 49.3 Å². The van der Waals surface area contributed by atoms with Crippen molar-refractivity contribution >= 4 is 0 Å². The van der Waals surface area contributed by atoms with Crippen molar-refractivity contribution in [2.45, 2.75) is 50.8 Å². The van der Waals surface area contributed by atoms with Crippen LogP contribution in [0.1, 0.15) is 50.2 Å². The van der Waals surface area contributed by atoms with Gasteiger partial charge in [0.1, 0.15) is 5.82 Å². The Hall–Kier alpha value is -1.10. The Balaban J connectivity index is 2.24. The Labute approximate surface area is 115 Å². The lowest BCUT2D eigenvalue weighted by Gasteiger charge is -2.36. The third-order valence-corrected chi connectivity index (χ3v) is 4.32. The first-order valence-corrected chi connectivity index (χ1v) is 6.86. The molecule has 0 heterocycles. The van der Waals surface area contributed by atoms with E-state index in [1.165, 1.54) is 6.07 Å². The molecule has 1 aromatic carbocycles. The van der Waals surface area contributed by atoms with Gasteiger partial charge in [0.25, 0.3) is 0 Å². The van der Waals surface area contributed by atoms with Gasteiger partial charge in [0.15, 0.2) is 0 Å². The van der Waals surface area contributed by atoms with Crippen LogP contribution in [0.3, 0.4) is 0 Å². The number of hydrogen-bond acceptors (Lipinski definition) is 1. The van der Waals surface area contributed by atoms with Crippen molar-refractivity contribution in [2.24, 2.45) is 5.92 Å². The molecule has 112 valence electrons. The molecule has 0 saturated heterocycles. The van der Waals surface area contributed by atoms with Crippen molar-refractivity contribution in [3.05, 3.63) is 35.1 Å². The minimum Gasteiger partial charge on any atom is -0.385 e. The first kappa shape index (κ1) is 15.3. The van der Waals surface area contributed by atoms with E-state index in [4.69, 9.17) is 0 Å². The zero-order chi connectivity index (χ0) is 15.0. The fourth-order valence-corrected chi connectivity index (χ4v) is 2.89. The second-order valence-electron chi connectivity index (χ2n) is 5.58. The summed E-state index contributed by atoms with van der Waals surface area (Å²) in [4.78, 5) is 0. The van der Waals surface area contributed by atoms with Gasteiger partial charge in [0.2, 0.25) is 0 Å². The molecule has 0 radical (unpaired) electrons. The van der Waals surface area contributed by atoms with Gasteiger partial charge in [-0.2, -0.15) is 13.2 Å². The fraction of sp³-hybridized carbons (Fsp3) is 0.600. The number of benzene rings is 1. The Kier molecular flexibility index (Phi) is 4.09. The molecule has 5 heteroatoms. The SMILES string of the molecule is CCC1CCC(O)(c2ccc(C(F)(F)F)c(F)c2)CC1. The maximum Gasteiger partial charge on any atom is 0.419 e. The maximum absolute atomic E-state index is 13.6. The predicted octanol–water partition coefficient (Wildman–Crippen LogP) is 4.63. The summed E-state index contributed by atoms with van der Waals surface area (Å²) in [7, 11) is 0. The van der Waals surface area contributed by atoms with Crippen LogP contribution in [0.15, 0.2) is 18.2 Å². The molecule has 1 fully saturated rings. The Bertz CT molecular complexity index is 473. The van der Waals surface area contributed by atoms with Crippen LogP contribution >= 0.6 is 0 Å². The van der Waals surface area contributed by atoms with Crippen LogP contribution in [0.5, 0.6) is 0 Å². The van der Waals surface area contributed by atoms with Crippen LogP contribution in [0.25, 0.3) is 0 Å². The Morgan fingerprint density at radius 3 is 2.30 bits per heavy atom. The van der Waals surface area contributed by atoms with Gasteiger partial charge in [-0.25, -0.2) is 4.39 Å². The lowest BCUT2D eigenvalue weighted by molar-refractivity contribution is -0.140. The van der Waals surface area contributed by atoms with Crippen LogP contribution in [0.2, 0.25) is 0 Å². The van der Waals surface area contributed by atoms with Crippen molar-refractivity contribution in [3.63, 3.8) is 0 Å². The summed E-state index contributed by atoms with van der Waals surface area (Å²) < 4.78 is 51.1. The minimum absolute atomic E-state index is 0.248. The summed E-state index contributed by atoms with van der Waals surface area (Å²) in [6.45, 7) is 2.08. The predicted molar refractivity (Wildman–Crippen MR) is 67.5 cm³/mol. The van der Waals surface area contributed by atoms with Gasteiger partial charge in [0, 0.05) is 0 Å². The lowest BCUT2D eigenvalue weighted by Crippen LogP contribution is -2.31. The fourth-order valence-electron chi connectivity index (χ4n) is 2.89. The summed E-state index contributed by atoms with van der Waals surface area (Å²) in [6.07, 6.45) is -1.11. The summed E-state index contributed by atoms with van der Waals surface area (Å²) in [5, 5.41) is 10.5. The normalized spacial score (nSPS) is 27.6. The number of rotatable bonds is 2. The molecule has 1 N–H and O–H groups in total. The number of alkyl halides is 3. The second kappa shape index (κ2) is 5.35. The molecule has 0 unspecified atom stereocenters. The lowest BCUT2D eigenvalue weighted by atomic mass is 9.74. The average molecular weight is 290 g/mol. The molecule has 1 aliphatic rings. The smallest absolute Gasteiger partial charge is 0.385 e. The van der Waals surface area contributed by atoms with E-state index in [9.17, 15) is 22.7 Å². The number of aliphatic hydroxyl groups is 1. The van der Waals surface area contributed by atoms with Crippen LogP contribution in [0.4, 0.5) is 17.6 Å². The maximum atomic E-state index is 13.6. The minimum atomic E-state index is -4.70. The zero-order valence-corrected chi connectivity index (χ0v) is 11.3. The van der Waals surface area contributed by atoms with Gasteiger partial charge < -0.3 is 5.11 Å². The largest absolute Gasteiger partial charge is 0.419 e. The molecule has 1 aromatic rings. The molecule has 0 atom stereocenters. The van der Waals surface area contributed by atoms with E-state index in [-0.39, 0.29) is 5.56 Å². The topological polar surface area (TPSA) is 20.2 Å². The van der Waals surface area contributed by atoms with E-state index in [1.807, 2.05) is 0 Å². The van der Waals surface area contributed by atoms with Crippen LogP contribution in [-0.4, -0.2) is 5.11 Å². The average Bonchev–Trinajstić information content (AvgIpc) is 2.38. The van der Waals surface area contributed by atoms with Crippen molar-refractivity contribution in [1.82, 2.24) is 0 Å². The van der Waals surface area contributed by atoms with Gasteiger partial charge in [0.05, 0.1) is 11.2 Å². The monoisotopic (exact) mass is 290 g/mol. The van der Waals surface area contributed by atoms with Gasteiger partial charge in [-0.3, -0.25) is 0 Å². The number of halogens is 4. The summed E-state index contributed by atoms with van der Waals surface area (Å²) in [5.41, 5.74) is -2.24. The standard InChI is InChI=1S/C15H18F4O/c1-2-10-5-7-14(20,8-6-10)11-3-4-12(13(16)9-11)15(17,18)19/h3-4,9-10,20H,2,5-8H2,1H3. The molecule has 2 rings (SSSR count). The van der Waals surface area contributed by atoms with Crippen LogP contribution in [-0.2, 0) is 11.8 Å². The van der Waals surface area contributed by atoms with E-state index < -0.39 is 23.2 Å². The molecule has 0 aromatic heterocycles. The van der Waals surface area contributed by atoms with Crippen molar-refractivity contribution in [3.8, 4) is 0 Å². The van der Waals surface area contributed by atoms with Gasteiger partial charge >= 0.3 is 6.18 Å². The Morgan fingerprint density at radius 1 is 1.25 bits per heavy atom. The van der Waals surface area contributed by atoms with E-state index in [0.717, 1.165) is 25.3 Å². The number of hydrogen-bond donors (Lipinski definition) is 1. The van der Waals surface area contributed by atoms with Gasteiger partial charge in [-0.15, -0.1) is 0 Å². The molecule has 20 heavy (non-hydrogen) atoms. The molecule has 0 aliphatic heterocycles. The molecule has 0 spiro atoms. The highest BCUT2D eigenvalue weighted by Gasteiger charge is 2.38. The van der Waals surface area contributed by atoms with E-state index >= 15 is 0 Å².